The lowest BCUT2D eigenvalue weighted by molar-refractivity contribution is -0.127. The number of nitrogens with zero attached hydrogens (tertiary/aromatic N) is 3. The fraction of sp³-hybridized carbons (Fsp3) is 0.900. The smallest absolute Gasteiger partial charge is 0.243 e. The molecule has 27 heavy (non-hydrogen) atoms. The lowest BCUT2D eigenvalue weighted by Crippen LogP contribution is -2.51. The number of hydrogen-bond donors (Lipinski definition) is 2. The molecule has 1 saturated heterocycles. The summed E-state index contributed by atoms with van der Waals surface area (Å²) >= 11 is 0. The third-order valence-corrected chi connectivity index (χ3v) is 5.57. The standard InChI is InChI=1S/C20H39N5O2/c1-24(2)19(26)16-21-20(22-17-8-5-4-6-9-17)23-18-10-13-25(14-11-18)12-7-15-27-3/h17-18H,4-16H2,1-3H3,(H2,21,22,23). The number of likely N-dealkylation sites (N-methyl/N-ethyl adjacent to an activating group) is 1. The van der Waals surface area contributed by atoms with Gasteiger partial charge in [0.25, 0.3) is 0 Å². The fourth-order valence-electron chi connectivity index (χ4n) is 3.79. The van der Waals surface area contributed by atoms with Gasteiger partial charge in [0.2, 0.25) is 5.91 Å². The van der Waals surface area contributed by atoms with E-state index in [4.69, 9.17) is 4.74 Å². The van der Waals surface area contributed by atoms with E-state index < -0.39 is 0 Å². The van der Waals surface area contributed by atoms with Gasteiger partial charge in [0, 0.05) is 59.5 Å². The summed E-state index contributed by atoms with van der Waals surface area (Å²) in [5.74, 6) is 0.850. The molecule has 0 radical (unpaired) electrons. The molecule has 0 aromatic carbocycles. The molecule has 2 fully saturated rings. The van der Waals surface area contributed by atoms with Gasteiger partial charge < -0.3 is 25.2 Å². The van der Waals surface area contributed by atoms with Crippen LogP contribution in [0.15, 0.2) is 4.99 Å². The van der Waals surface area contributed by atoms with Crippen LogP contribution in [0, 0.1) is 0 Å². The Kier molecular flexibility index (Phi) is 9.91. The second-order valence-electron chi connectivity index (χ2n) is 8.04. The van der Waals surface area contributed by atoms with Crippen molar-refractivity contribution in [3.05, 3.63) is 0 Å². The van der Waals surface area contributed by atoms with Crippen LogP contribution in [0.5, 0.6) is 0 Å². The normalized spacial score (nSPS) is 20.5. The number of carbonyl (C=O) groups excluding carboxylic acids is 1. The number of ether oxygens (including phenoxy) is 1. The Balaban J connectivity index is 1.83. The van der Waals surface area contributed by atoms with E-state index in [1.54, 1.807) is 26.1 Å². The van der Waals surface area contributed by atoms with Crippen molar-refractivity contribution in [1.29, 1.82) is 0 Å². The number of aliphatic imine (C=N–C) groups is 1. The first-order valence-corrected chi connectivity index (χ1v) is 10.6. The highest BCUT2D eigenvalue weighted by molar-refractivity contribution is 5.85. The highest BCUT2D eigenvalue weighted by atomic mass is 16.5. The molecule has 1 amide bonds. The maximum Gasteiger partial charge on any atom is 0.243 e. The zero-order valence-electron chi connectivity index (χ0n) is 17.5. The van der Waals surface area contributed by atoms with E-state index in [-0.39, 0.29) is 12.5 Å². The molecule has 0 atom stereocenters. The van der Waals surface area contributed by atoms with Crippen LogP contribution in [-0.4, -0.2) is 87.7 Å². The third kappa shape index (κ3) is 8.47. The lowest BCUT2D eigenvalue weighted by Gasteiger charge is -2.34. The largest absolute Gasteiger partial charge is 0.385 e. The molecule has 7 heteroatoms. The molecule has 0 aromatic heterocycles. The predicted octanol–water partition coefficient (Wildman–Crippen LogP) is 1.44. The number of likely N-dealkylation sites (tertiary alicyclic amines) is 1. The Bertz CT molecular complexity index is 455. The van der Waals surface area contributed by atoms with Gasteiger partial charge in [-0.25, -0.2) is 4.99 Å². The molecule has 2 N–H and O–H groups in total. The predicted molar refractivity (Wildman–Crippen MR) is 110 cm³/mol. The number of carbonyl (C=O) groups is 1. The summed E-state index contributed by atoms with van der Waals surface area (Å²) in [5, 5.41) is 7.19. The van der Waals surface area contributed by atoms with Crippen molar-refractivity contribution in [3.63, 3.8) is 0 Å². The van der Waals surface area contributed by atoms with E-state index in [1.165, 1.54) is 32.1 Å². The SMILES string of the molecule is COCCCN1CCC(NC(=NCC(=O)N(C)C)NC2CCCCC2)CC1. The van der Waals surface area contributed by atoms with Crippen molar-refractivity contribution in [1.82, 2.24) is 20.4 Å². The molecule has 1 aliphatic heterocycles. The van der Waals surface area contributed by atoms with Crippen molar-refractivity contribution in [2.45, 2.75) is 63.5 Å². The lowest BCUT2D eigenvalue weighted by atomic mass is 9.95. The van der Waals surface area contributed by atoms with Gasteiger partial charge in [-0.2, -0.15) is 0 Å². The van der Waals surface area contributed by atoms with E-state index in [1.807, 2.05) is 0 Å². The second-order valence-corrected chi connectivity index (χ2v) is 8.04. The minimum atomic E-state index is 0.0349. The summed E-state index contributed by atoms with van der Waals surface area (Å²) in [5.41, 5.74) is 0. The average Bonchev–Trinajstić information content (AvgIpc) is 2.68. The number of piperidine rings is 1. The van der Waals surface area contributed by atoms with Crippen LogP contribution >= 0.6 is 0 Å². The Labute approximate surface area is 164 Å². The Morgan fingerprint density at radius 2 is 1.70 bits per heavy atom. The Hall–Kier alpha value is -1.34. The quantitative estimate of drug-likeness (QED) is 0.378. The summed E-state index contributed by atoms with van der Waals surface area (Å²) in [6, 6.07) is 0.904. The molecule has 7 nitrogen and oxygen atoms in total. The molecule has 2 rings (SSSR count). The molecule has 1 saturated carbocycles. The molecule has 1 aliphatic carbocycles. The molecule has 1 heterocycles. The van der Waals surface area contributed by atoms with Gasteiger partial charge in [0.1, 0.15) is 6.54 Å². The first kappa shape index (κ1) is 22.0. The van der Waals surface area contributed by atoms with Crippen LogP contribution in [0.1, 0.15) is 51.4 Å². The minimum Gasteiger partial charge on any atom is -0.385 e. The van der Waals surface area contributed by atoms with Crippen LogP contribution in [0.25, 0.3) is 0 Å². The molecule has 0 unspecified atom stereocenters. The van der Waals surface area contributed by atoms with Crippen LogP contribution in [-0.2, 0) is 9.53 Å². The topological polar surface area (TPSA) is 69.2 Å². The molecule has 2 aliphatic rings. The van der Waals surface area contributed by atoms with Crippen molar-refractivity contribution in [2.75, 3.05) is 54.0 Å². The van der Waals surface area contributed by atoms with Gasteiger partial charge in [0.05, 0.1) is 0 Å². The molecule has 156 valence electrons. The van der Waals surface area contributed by atoms with Crippen LogP contribution in [0.4, 0.5) is 0 Å². The monoisotopic (exact) mass is 381 g/mol. The first-order valence-electron chi connectivity index (χ1n) is 10.6. The number of rotatable bonds is 8. The van der Waals surface area contributed by atoms with Crippen molar-refractivity contribution in [3.8, 4) is 0 Å². The highest BCUT2D eigenvalue weighted by Crippen LogP contribution is 2.17. The number of guanidine groups is 1. The van der Waals surface area contributed by atoms with Crippen LogP contribution in [0.3, 0.4) is 0 Å². The minimum absolute atomic E-state index is 0.0349. The van der Waals surface area contributed by atoms with Crippen molar-refractivity contribution in [2.24, 2.45) is 4.99 Å². The van der Waals surface area contributed by atoms with Gasteiger partial charge in [-0.1, -0.05) is 19.3 Å². The number of methoxy groups -OCH3 is 1. The first-order chi connectivity index (χ1) is 13.1. The second kappa shape index (κ2) is 12.2. The molecule has 0 aromatic rings. The zero-order chi connectivity index (χ0) is 19.5. The number of nitrogens with one attached hydrogen (secondary N) is 2. The highest BCUT2D eigenvalue weighted by Gasteiger charge is 2.21. The van der Waals surface area contributed by atoms with E-state index >= 15 is 0 Å². The number of amides is 1. The van der Waals surface area contributed by atoms with Crippen molar-refractivity contribution >= 4 is 11.9 Å². The van der Waals surface area contributed by atoms with Gasteiger partial charge in [-0.15, -0.1) is 0 Å². The fourth-order valence-corrected chi connectivity index (χ4v) is 3.79. The molecular weight excluding hydrogens is 342 g/mol. The molecule has 0 bridgehead atoms. The Morgan fingerprint density at radius 3 is 2.30 bits per heavy atom. The number of hydrogen-bond acceptors (Lipinski definition) is 4. The zero-order valence-corrected chi connectivity index (χ0v) is 17.5. The summed E-state index contributed by atoms with van der Waals surface area (Å²) in [4.78, 5) is 20.6. The summed E-state index contributed by atoms with van der Waals surface area (Å²) in [6.45, 7) is 4.35. The van der Waals surface area contributed by atoms with Crippen LogP contribution < -0.4 is 10.6 Å². The Morgan fingerprint density at radius 1 is 1.07 bits per heavy atom. The molecule has 0 spiro atoms. The van der Waals surface area contributed by atoms with Gasteiger partial charge in [-0.05, 0) is 32.1 Å². The maximum absolute atomic E-state index is 11.9. The van der Waals surface area contributed by atoms with E-state index in [9.17, 15) is 4.79 Å². The van der Waals surface area contributed by atoms with Crippen LogP contribution in [0.2, 0.25) is 0 Å². The summed E-state index contributed by atoms with van der Waals surface area (Å²) < 4.78 is 5.15. The van der Waals surface area contributed by atoms with Gasteiger partial charge in [-0.3, -0.25) is 4.79 Å². The summed E-state index contributed by atoms with van der Waals surface area (Å²) in [7, 11) is 5.31. The maximum atomic E-state index is 11.9. The van der Waals surface area contributed by atoms with E-state index in [2.05, 4.69) is 20.5 Å². The van der Waals surface area contributed by atoms with Gasteiger partial charge in [0.15, 0.2) is 5.96 Å². The van der Waals surface area contributed by atoms with E-state index in [0.717, 1.165) is 51.5 Å². The molecular formula is C20H39N5O2. The van der Waals surface area contributed by atoms with Crippen molar-refractivity contribution < 1.29 is 9.53 Å². The summed E-state index contributed by atoms with van der Waals surface area (Å²) in [6.07, 6.45) is 9.60. The third-order valence-electron chi connectivity index (χ3n) is 5.57. The average molecular weight is 382 g/mol. The van der Waals surface area contributed by atoms with Gasteiger partial charge >= 0.3 is 0 Å². The van der Waals surface area contributed by atoms with E-state index in [0.29, 0.717) is 12.1 Å².